The molecule has 0 fully saturated rings. The molecule has 0 amide bonds. The molecule has 0 spiro atoms. The van der Waals surface area contributed by atoms with Crippen LogP contribution in [0.4, 0.5) is 0 Å². The molecule has 1 aromatic rings. The van der Waals surface area contributed by atoms with Gasteiger partial charge in [-0.1, -0.05) is 60.8 Å². The minimum atomic E-state index is 0.984. The first-order valence-corrected chi connectivity index (χ1v) is 7.18. The number of aromatic amines is 1. The molecule has 1 aromatic heterocycles. The number of aromatic nitrogens is 3. The minimum Gasteiger partial charge on any atom is -0.197 e. The van der Waals surface area contributed by atoms with E-state index in [4.69, 9.17) is 0 Å². The van der Waals surface area contributed by atoms with E-state index in [1.165, 1.54) is 25.7 Å². The predicted molar refractivity (Wildman–Crippen MR) is 76.3 cm³/mol. The SMILES string of the molecule is CC.CCC.CCCCCc1n[nH]nc1CC. The molecule has 0 aliphatic heterocycles. The Morgan fingerprint density at radius 3 is 1.88 bits per heavy atom. The van der Waals surface area contributed by atoms with Crippen LogP contribution < -0.4 is 0 Å². The van der Waals surface area contributed by atoms with Gasteiger partial charge in [-0.15, -0.1) is 0 Å². The van der Waals surface area contributed by atoms with Crippen molar-refractivity contribution < 1.29 is 0 Å². The Morgan fingerprint density at radius 1 is 0.882 bits per heavy atom. The lowest BCUT2D eigenvalue weighted by molar-refractivity contribution is 0.702. The highest BCUT2D eigenvalue weighted by molar-refractivity contribution is 5.07. The van der Waals surface area contributed by atoms with Crippen molar-refractivity contribution in [1.29, 1.82) is 0 Å². The maximum absolute atomic E-state index is 4.12. The number of aryl methyl sites for hydroxylation is 2. The van der Waals surface area contributed by atoms with E-state index >= 15 is 0 Å². The molecular weight excluding hydrogens is 210 g/mol. The van der Waals surface area contributed by atoms with Crippen molar-refractivity contribution in [2.75, 3.05) is 0 Å². The summed E-state index contributed by atoms with van der Waals surface area (Å²) in [5.74, 6) is 0. The van der Waals surface area contributed by atoms with E-state index in [-0.39, 0.29) is 0 Å². The fourth-order valence-electron chi connectivity index (χ4n) is 1.30. The van der Waals surface area contributed by atoms with Crippen molar-refractivity contribution in [3.05, 3.63) is 11.4 Å². The summed E-state index contributed by atoms with van der Waals surface area (Å²) in [6, 6.07) is 0. The quantitative estimate of drug-likeness (QED) is 0.769. The van der Waals surface area contributed by atoms with Crippen LogP contribution in [-0.2, 0) is 12.8 Å². The van der Waals surface area contributed by atoms with Crippen LogP contribution in [0.1, 0.15) is 78.6 Å². The summed E-state index contributed by atoms with van der Waals surface area (Å²) in [6.45, 7) is 12.6. The van der Waals surface area contributed by atoms with Crippen molar-refractivity contribution in [2.45, 2.75) is 80.1 Å². The second-order valence-corrected chi connectivity index (χ2v) is 3.73. The lowest BCUT2D eigenvalue weighted by Crippen LogP contribution is -1.91. The first-order chi connectivity index (χ1) is 8.29. The van der Waals surface area contributed by atoms with Gasteiger partial charge in [0.25, 0.3) is 0 Å². The van der Waals surface area contributed by atoms with E-state index < -0.39 is 0 Å². The second kappa shape index (κ2) is 15.1. The molecule has 0 unspecified atom stereocenters. The molecule has 0 aliphatic carbocycles. The van der Waals surface area contributed by atoms with E-state index in [1.54, 1.807) is 0 Å². The Bertz CT molecular complexity index is 231. The molecular formula is C14H31N3. The summed E-state index contributed by atoms with van der Waals surface area (Å²) < 4.78 is 0. The fourth-order valence-corrected chi connectivity index (χ4v) is 1.30. The number of hydrogen-bond acceptors (Lipinski definition) is 2. The highest BCUT2D eigenvalue weighted by Gasteiger charge is 2.03. The third kappa shape index (κ3) is 10.0. The van der Waals surface area contributed by atoms with Crippen LogP contribution in [0.3, 0.4) is 0 Å². The van der Waals surface area contributed by atoms with Crippen molar-refractivity contribution in [3.63, 3.8) is 0 Å². The maximum Gasteiger partial charge on any atom is 0.0856 e. The largest absolute Gasteiger partial charge is 0.197 e. The van der Waals surface area contributed by atoms with Gasteiger partial charge >= 0.3 is 0 Å². The summed E-state index contributed by atoms with van der Waals surface area (Å²) >= 11 is 0. The lowest BCUT2D eigenvalue weighted by Gasteiger charge is -1.96. The third-order valence-electron chi connectivity index (χ3n) is 2.06. The molecule has 1 N–H and O–H groups in total. The van der Waals surface area contributed by atoms with Crippen LogP contribution in [0.2, 0.25) is 0 Å². The predicted octanol–water partition coefficient (Wildman–Crippen LogP) is 4.54. The Balaban J connectivity index is 0. The number of unbranched alkanes of at least 4 members (excludes halogenated alkanes) is 2. The minimum absolute atomic E-state index is 0.984. The molecule has 0 saturated carbocycles. The Labute approximate surface area is 107 Å². The standard InChI is InChI=1S/C9H17N3.C3H8.C2H6/c1-3-5-6-7-9-8(4-2)10-12-11-9;1-3-2;1-2/h3-7H2,1-2H3,(H,10,11,12);3H2,1-2H3;1-2H3. The normalized spacial score (nSPS) is 8.82. The highest BCUT2D eigenvalue weighted by atomic mass is 15.3. The van der Waals surface area contributed by atoms with Crippen LogP contribution >= 0.6 is 0 Å². The average Bonchev–Trinajstić information content (AvgIpc) is 2.80. The van der Waals surface area contributed by atoms with Crippen LogP contribution in [0.5, 0.6) is 0 Å². The first-order valence-electron chi connectivity index (χ1n) is 7.18. The molecule has 0 aliphatic rings. The zero-order valence-electron chi connectivity index (χ0n) is 12.6. The fraction of sp³-hybridized carbons (Fsp3) is 0.857. The number of nitrogens with zero attached hydrogens (tertiary/aromatic N) is 2. The molecule has 0 atom stereocenters. The summed E-state index contributed by atoms with van der Waals surface area (Å²) in [6.07, 6.45) is 7.09. The summed E-state index contributed by atoms with van der Waals surface area (Å²) in [7, 11) is 0. The number of nitrogens with one attached hydrogen (secondary N) is 1. The molecule has 1 heterocycles. The lowest BCUT2D eigenvalue weighted by atomic mass is 10.1. The van der Waals surface area contributed by atoms with E-state index in [0.717, 1.165) is 24.2 Å². The molecule has 0 radical (unpaired) electrons. The van der Waals surface area contributed by atoms with Gasteiger partial charge in [-0.2, -0.15) is 15.4 Å². The first kappa shape index (κ1) is 18.5. The van der Waals surface area contributed by atoms with E-state index in [1.807, 2.05) is 13.8 Å². The van der Waals surface area contributed by atoms with E-state index in [2.05, 4.69) is 43.1 Å². The molecule has 1 rings (SSSR count). The zero-order valence-corrected chi connectivity index (χ0v) is 12.6. The van der Waals surface area contributed by atoms with Gasteiger partial charge in [0.2, 0.25) is 0 Å². The second-order valence-electron chi connectivity index (χ2n) is 3.73. The van der Waals surface area contributed by atoms with Crippen LogP contribution in [0.25, 0.3) is 0 Å². The molecule has 102 valence electrons. The molecule has 0 aromatic carbocycles. The summed E-state index contributed by atoms with van der Waals surface area (Å²) in [5, 5.41) is 10.9. The molecule has 17 heavy (non-hydrogen) atoms. The summed E-state index contributed by atoms with van der Waals surface area (Å²) in [5.41, 5.74) is 2.29. The maximum atomic E-state index is 4.12. The summed E-state index contributed by atoms with van der Waals surface area (Å²) in [4.78, 5) is 0. The van der Waals surface area contributed by atoms with Crippen LogP contribution in [-0.4, -0.2) is 15.4 Å². The highest BCUT2D eigenvalue weighted by Crippen LogP contribution is 2.07. The van der Waals surface area contributed by atoms with Gasteiger partial charge in [0, 0.05) is 0 Å². The van der Waals surface area contributed by atoms with E-state index in [0.29, 0.717) is 0 Å². The van der Waals surface area contributed by atoms with Gasteiger partial charge in [-0.3, -0.25) is 0 Å². The molecule has 3 nitrogen and oxygen atoms in total. The monoisotopic (exact) mass is 241 g/mol. The third-order valence-corrected chi connectivity index (χ3v) is 2.06. The van der Waals surface area contributed by atoms with Crippen LogP contribution in [0, 0.1) is 0 Å². The number of H-pyrrole nitrogens is 1. The Hall–Kier alpha value is -0.860. The molecule has 0 saturated heterocycles. The van der Waals surface area contributed by atoms with Gasteiger partial charge in [0.1, 0.15) is 0 Å². The van der Waals surface area contributed by atoms with Gasteiger partial charge in [-0.05, 0) is 19.3 Å². The van der Waals surface area contributed by atoms with E-state index in [9.17, 15) is 0 Å². The Morgan fingerprint density at radius 2 is 1.41 bits per heavy atom. The van der Waals surface area contributed by atoms with Crippen molar-refractivity contribution in [2.24, 2.45) is 0 Å². The van der Waals surface area contributed by atoms with Crippen LogP contribution in [0.15, 0.2) is 0 Å². The van der Waals surface area contributed by atoms with Gasteiger partial charge in [-0.25, -0.2) is 0 Å². The number of hydrogen-bond donors (Lipinski definition) is 1. The zero-order chi connectivity index (χ0) is 13.5. The van der Waals surface area contributed by atoms with Gasteiger partial charge in [0.05, 0.1) is 11.4 Å². The van der Waals surface area contributed by atoms with Gasteiger partial charge in [0.15, 0.2) is 0 Å². The molecule has 0 bridgehead atoms. The topological polar surface area (TPSA) is 41.6 Å². The van der Waals surface area contributed by atoms with Crippen molar-refractivity contribution in [1.82, 2.24) is 15.4 Å². The van der Waals surface area contributed by atoms with Crippen molar-refractivity contribution in [3.8, 4) is 0 Å². The molecule has 3 heteroatoms. The number of rotatable bonds is 5. The Kier molecular flexibility index (Phi) is 16.5. The van der Waals surface area contributed by atoms with Gasteiger partial charge < -0.3 is 0 Å². The van der Waals surface area contributed by atoms with Crippen molar-refractivity contribution >= 4 is 0 Å². The average molecular weight is 241 g/mol. The smallest absolute Gasteiger partial charge is 0.0856 e.